The molecule has 1 aliphatic heterocycles. The molecule has 1 aromatic rings. The summed E-state index contributed by atoms with van der Waals surface area (Å²) in [6.45, 7) is 0.130. The molecular weight excluding hydrogens is 294 g/mol. The van der Waals surface area contributed by atoms with E-state index in [2.05, 4.69) is 5.32 Å². The van der Waals surface area contributed by atoms with Gasteiger partial charge in [-0.2, -0.15) is 0 Å². The molecule has 1 atom stereocenters. The minimum absolute atomic E-state index is 0.129. The number of nitrogens with one attached hydrogen (secondary N) is 1. The van der Waals surface area contributed by atoms with Crippen molar-refractivity contribution in [1.82, 2.24) is 10.2 Å². The van der Waals surface area contributed by atoms with Crippen LogP contribution >= 0.6 is 11.3 Å². The molecule has 8 heteroatoms. The van der Waals surface area contributed by atoms with Gasteiger partial charge >= 0.3 is 0 Å². The van der Waals surface area contributed by atoms with Crippen LogP contribution in [0.4, 0.5) is 0 Å². The van der Waals surface area contributed by atoms with Gasteiger partial charge in [0, 0.05) is 6.54 Å². The van der Waals surface area contributed by atoms with Crippen molar-refractivity contribution in [2.75, 3.05) is 19.6 Å². The van der Waals surface area contributed by atoms with Crippen LogP contribution < -0.4 is 11.1 Å². The molecule has 7 nitrogen and oxygen atoms in total. The molecule has 4 N–H and O–H groups in total. The fraction of sp³-hybridized carbons (Fsp3) is 0.462. The van der Waals surface area contributed by atoms with Crippen LogP contribution in [0.2, 0.25) is 0 Å². The topological polar surface area (TPSA) is 113 Å². The predicted octanol–water partition coefficient (Wildman–Crippen LogP) is -0.683. The Hall–Kier alpha value is -1.93. The molecule has 3 amide bonds. The lowest BCUT2D eigenvalue weighted by molar-refractivity contribution is -0.148. The third-order valence-electron chi connectivity index (χ3n) is 3.43. The average Bonchev–Trinajstić information content (AvgIpc) is 2.98. The molecule has 0 bridgehead atoms. The molecule has 1 aliphatic rings. The van der Waals surface area contributed by atoms with Crippen molar-refractivity contribution in [3.05, 3.63) is 22.4 Å². The van der Waals surface area contributed by atoms with Crippen LogP contribution in [-0.2, 0) is 9.59 Å². The second kappa shape index (κ2) is 6.23. The molecule has 0 saturated carbocycles. The van der Waals surface area contributed by atoms with Gasteiger partial charge in [0.25, 0.3) is 11.8 Å². The molecular formula is C13H17N3O4S. The molecule has 114 valence electrons. The van der Waals surface area contributed by atoms with Crippen molar-refractivity contribution in [3.63, 3.8) is 0 Å². The van der Waals surface area contributed by atoms with Crippen molar-refractivity contribution < 1.29 is 19.5 Å². The number of rotatable bonds is 4. The van der Waals surface area contributed by atoms with Crippen LogP contribution in [-0.4, -0.2) is 53.0 Å². The van der Waals surface area contributed by atoms with Crippen molar-refractivity contribution in [3.8, 4) is 0 Å². The SMILES string of the molecule is NC(=O)C1(O)CCCN(C(=O)CNC(=O)c2cccs2)C1. The summed E-state index contributed by atoms with van der Waals surface area (Å²) in [4.78, 5) is 36.9. The highest BCUT2D eigenvalue weighted by molar-refractivity contribution is 7.12. The predicted molar refractivity (Wildman–Crippen MR) is 76.6 cm³/mol. The number of hydrogen-bond acceptors (Lipinski definition) is 5. The van der Waals surface area contributed by atoms with Gasteiger partial charge in [-0.3, -0.25) is 14.4 Å². The first kappa shape index (κ1) is 15.5. The standard InChI is InChI=1S/C13H17N3O4S/c14-12(19)13(20)4-2-5-16(8-13)10(17)7-15-11(18)9-3-1-6-21-9/h1,3,6,20H,2,4-5,7-8H2,(H2,14,19)(H,15,18). The number of piperidine rings is 1. The van der Waals surface area contributed by atoms with Crippen LogP contribution in [0.3, 0.4) is 0 Å². The first-order valence-electron chi connectivity index (χ1n) is 6.54. The zero-order valence-corrected chi connectivity index (χ0v) is 12.2. The zero-order chi connectivity index (χ0) is 15.5. The lowest BCUT2D eigenvalue weighted by atomic mass is 9.92. The number of nitrogens with two attached hydrogens (primary N) is 1. The van der Waals surface area contributed by atoms with Gasteiger partial charge in [-0.05, 0) is 24.3 Å². The third-order valence-corrected chi connectivity index (χ3v) is 4.30. The summed E-state index contributed by atoms with van der Waals surface area (Å²) in [7, 11) is 0. The van der Waals surface area contributed by atoms with Crippen LogP contribution in [0, 0.1) is 0 Å². The van der Waals surface area contributed by atoms with Gasteiger partial charge in [-0.15, -0.1) is 11.3 Å². The van der Waals surface area contributed by atoms with Gasteiger partial charge in [-0.25, -0.2) is 0 Å². The van der Waals surface area contributed by atoms with Gasteiger partial charge in [0.05, 0.1) is 18.0 Å². The quantitative estimate of drug-likeness (QED) is 0.683. The first-order valence-corrected chi connectivity index (χ1v) is 7.42. The minimum Gasteiger partial charge on any atom is -0.378 e. The lowest BCUT2D eigenvalue weighted by Crippen LogP contribution is -2.58. The van der Waals surface area contributed by atoms with Gasteiger partial charge in [0.15, 0.2) is 5.60 Å². The van der Waals surface area contributed by atoms with Crippen molar-refractivity contribution in [2.24, 2.45) is 5.73 Å². The highest BCUT2D eigenvalue weighted by atomic mass is 32.1. The first-order chi connectivity index (χ1) is 9.92. The second-order valence-electron chi connectivity index (χ2n) is 4.97. The lowest BCUT2D eigenvalue weighted by Gasteiger charge is -2.37. The zero-order valence-electron chi connectivity index (χ0n) is 11.4. The van der Waals surface area contributed by atoms with Crippen molar-refractivity contribution >= 4 is 29.1 Å². The summed E-state index contributed by atoms with van der Waals surface area (Å²) < 4.78 is 0. The Bertz CT molecular complexity index is 546. The number of thiophene rings is 1. The maximum atomic E-state index is 12.0. The number of hydrogen-bond donors (Lipinski definition) is 3. The molecule has 1 aromatic heterocycles. The van der Waals surface area contributed by atoms with E-state index in [0.29, 0.717) is 17.8 Å². The van der Waals surface area contributed by atoms with E-state index in [0.717, 1.165) is 0 Å². The number of carbonyl (C=O) groups excluding carboxylic acids is 3. The molecule has 21 heavy (non-hydrogen) atoms. The maximum Gasteiger partial charge on any atom is 0.261 e. The van der Waals surface area contributed by atoms with E-state index in [-0.39, 0.29) is 31.3 Å². The number of aliphatic hydroxyl groups is 1. The van der Waals surface area contributed by atoms with E-state index in [1.165, 1.54) is 16.2 Å². The molecule has 2 heterocycles. The summed E-state index contributed by atoms with van der Waals surface area (Å²) in [6.07, 6.45) is 0.734. The Morgan fingerprint density at radius 1 is 1.48 bits per heavy atom. The molecule has 1 unspecified atom stereocenters. The van der Waals surface area contributed by atoms with Gasteiger partial charge in [0.2, 0.25) is 5.91 Å². The number of likely N-dealkylation sites (tertiary alicyclic amines) is 1. The number of nitrogens with zero attached hydrogens (tertiary/aromatic N) is 1. The Kier molecular flexibility index (Phi) is 4.59. The average molecular weight is 311 g/mol. The van der Waals surface area contributed by atoms with Crippen LogP contribution in [0.5, 0.6) is 0 Å². The van der Waals surface area contributed by atoms with E-state index >= 15 is 0 Å². The van der Waals surface area contributed by atoms with Crippen LogP contribution in [0.1, 0.15) is 22.5 Å². The summed E-state index contributed by atoms with van der Waals surface area (Å²) >= 11 is 1.28. The van der Waals surface area contributed by atoms with Crippen LogP contribution in [0.25, 0.3) is 0 Å². The highest BCUT2D eigenvalue weighted by Gasteiger charge is 2.40. The number of amides is 3. The van der Waals surface area contributed by atoms with E-state index in [1.807, 2.05) is 0 Å². The Labute approximate surface area is 125 Å². The molecule has 0 spiro atoms. The minimum atomic E-state index is -1.67. The van der Waals surface area contributed by atoms with Crippen molar-refractivity contribution in [1.29, 1.82) is 0 Å². The van der Waals surface area contributed by atoms with Gasteiger partial charge < -0.3 is 21.1 Å². The Morgan fingerprint density at radius 3 is 2.86 bits per heavy atom. The van der Waals surface area contributed by atoms with E-state index in [9.17, 15) is 19.5 Å². The monoisotopic (exact) mass is 311 g/mol. The molecule has 0 aliphatic carbocycles. The highest BCUT2D eigenvalue weighted by Crippen LogP contribution is 2.20. The molecule has 1 fully saturated rings. The van der Waals surface area contributed by atoms with E-state index in [4.69, 9.17) is 5.73 Å². The second-order valence-corrected chi connectivity index (χ2v) is 5.92. The van der Waals surface area contributed by atoms with Crippen LogP contribution in [0.15, 0.2) is 17.5 Å². The smallest absolute Gasteiger partial charge is 0.261 e. The third kappa shape index (κ3) is 3.59. The summed E-state index contributed by atoms with van der Waals surface area (Å²) in [5.74, 6) is -1.50. The Balaban J connectivity index is 1.88. The fourth-order valence-electron chi connectivity index (χ4n) is 2.21. The van der Waals surface area contributed by atoms with Gasteiger partial charge in [0.1, 0.15) is 0 Å². The normalized spacial score (nSPS) is 21.9. The van der Waals surface area contributed by atoms with Crippen molar-refractivity contribution in [2.45, 2.75) is 18.4 Å². The largest absolute Gasteiger partial charge is 0.378 e. The summed E-state index contributed by atoms with van der Waals surface area (Å²) in [5.41, 5.74) is 3.48. The summed E-state index contributed by atoms with van der Waals surface area (Å²) in [5, 5.41) is 14.3. The van der Waals surface area contributed by atoms with E-state index in [1.54, 1.807) is 17.5 Å². The summed E-state index contributed by atoms with van der Waals surface area (Å²) in [6, 6.07) is 3.41. The maximum absolute atomic E-state index is 12.0. The van der Waals surface area contributed by atoms with E-state index < -0.39 is 11.5 Å². The molecule has 1 saturated heterocycles. The number of primary amides is 1. The van der Waals surface area contributed by atoms with Gasteiger partial charge in [-0.1, -0.05) is 6.07 Å². The number of β-amino-alcohol motifs (C(OH)–C–C–N with tert-alkyl or cyclic N) is 1. The molecule has 0 radical (unpaired) electrons. The number of carbonyl (C=O) groups is 3. The molecule has 0 aromatic carbocycles. The fourth-order valence-corrected chi connectivity index (χ4v) is 2.85. The Morgan fingerprint density at radius 2 is 2.24 bits per heavy atom. The molecule has 2 rings (SSSR count).